The lowest BCUT2D eigenvalue weighted by molar-refractivity contribution is -0.0299. The van der Waals surface area contributed by atoms with Crippen molar-refractivity contribution in [1.29, 1.82) is 0 Å². The number of likely N-dealkylation sites (tertiary alicyclic amines) is 1. The largest absolute Gasteiger partial charge is 0.388 e. The number of carbonyl (C=O) groups is 1. The number of piperidine rings is 1. The van der Waals surface area contributed by atoms with Crippen LogP contribution in [0.15, 0.2) is 72.2 Å². The second-order valence-electron chi connectivity index (χ2n) is 9.05. The van der Waals surface area contributed by atoms with Crippen molar-refractivity contribution in [2.75, 3.05) is 13.1 Å². The summed E-state index contributed by atoms with van der Waals surface area (Å²) in [6, 6.07) is 11.3. The summed E-state index contributed by atoms with van der Waals surface area (Å²) in [5, 5.41) is 20.0. The zero-order valence-electron chi connectivity index (χ0n) is 19.2. The van der Waals surface area contributed by atoms with Crippen molar-refractivity contribution >= 4 is 22.5 Å². The first-order valence-corrected chi connectivity index (χ1v) is 11.6. The van der Waals surface area contributed by atoms with Crippen molar-refractivity contribution in [1.82, 2.24) is 33.8 Å². The molecule has 5 aromatic rings. The molecule has 6 rings (SSSR count). The Labute approximate surface area is 203 Å². The van der Waals surface area contributed by atoms with Gasteiger partial charge in [0.25, 0.3) is 11.5 Å². The van der Waals surface area contributed by atoms with Crippen molar-refractivity contribution in [3.63, 3.8) is 0 Å². The molecule has 5 heterocycles. The molecular formula is C25H22FN7O3. The average molecular weight is 487 g/mol. The fourth-order valence-corrected chi connectivity index (χ4v) is 4.70. The van der Waals surface area contributed by atoms with Gasteiger partial charge in [-0.2, -0.15) is 10.2 Å². The Kier molecular flexibility index (Phi) is 5.15. The highest BCUT2D eigenvalue weighted by atomic mass is 19.1. The molecule has 0 bridgehead atoms. The number of hydrogen-bond acceptors (Lipinski definition) is 6. The predicted molar refractivity (Wildman–Crippen MR) is 128 cm³/mol. The van der Waals surface area contributed by atoms with Crippen LogP contribution in [0.25, 0.3) is 22.2 Å². The number of fused-ring (bicyclic) bond motifs is 2. The first-order valence-electron chi connectivity index (χ1n) is 11.6. The molecule has 182 valence electrons. The molecule has 0 unspecified atom stereocenters. The van der Waals surface area contributed by atoms with Gasteiger partial charge in [0, 0.05) is 19.3 Å². The highest BCUT2D eigenvalue weighted by Crippen LogP contribution is 2.26. The van der Waals surface area contributed by atoms with Crippen LogP contribution in [0.3, 0.4) is 0 Å². The van der Waals surface area contributed by atoms with E-state index in [2.05, 4.69) is 15.2 Å². The van der Waals surface area contributed by atoms with Crippen molar-refractivity contribution in [2.24, 2.45) is 0 Å². The minimum absolute atomic E-state index is 0.0508. The lowest BCUT2D eigenvalue weighted by Crippen LogP contribution is -2.49. The predicted octanol–water partition coefficient (Wildman–Crippen LogP) is 2.04. The number of nitrogens with zero attached hydrogens (tertiary/aromatic N) is 7. The second-order valence-corrected chi connectivity index (χ2v) is 9.05. The monoisotopic (exact) mass is 487 g/mol. The molecule has 1 N–H and O–H groups in total. The number of rotatable bonds is 4. The molecule has 1 aliphatic heterocycles. The Morgan fingerprint density at radius 3 is 2.61 bits per heavy atom. The van der Waals surface area contributed by atoms with Gasteiger partial charge in [0.1, 0.15) is 17.5 Å². The summed E-state index contributed by atoms with van der Waals surface area (Å²) in [7, 11) is 0. The van der Waals surface area contributed by atoms with Gasteiger partial charge in [-0.15, -0.1) is 0 Å². The second kappa shape index (κ2) is 8.38. The molecule has 36 heavy (non-hydrogen) atoms. The Morgan fingerprint density at radius 2 is 1.83 bits per heavy atom. The van der Waals surface area contributed by atoms with Crippen LogP contribution in [0.4, 0.5) is 4.39 Å². The van der Waals surface area contributed by atoms with Gasteiger partial charge in [-0.1, -0.05) is 6.07 Å². The Bertz CT molecular complexity index is 1650. The molecule has 1 aliphatic rings. The van der Waals surface area contributed by atoms with Gasteiger partial charge >= 0.3 is 0 Å². The average Bonchev–Trinajstić information content (AvgIpc) is 3.51. The topological polar surface area (TPSA) is 111 Å². The number of amides is 1. The number of aromatic nitrogens is 6. The molecule has 11 heteroatoms. The number of pyridine rings is 1. The van der Waals surface area contributed by atoms with E-state index in [-0.39, 0.29) is 23.8 Å². The lowest BCUT2D eigenvalue weighted by atomic mass is 9.91. The maximum absolute atomic E-state index is 13.3. The molecule has 1 amide bonds. The van der Waals surface area contributed by atoms with Crippen LogP contribution in [0, 0.1) is 5.82 Å². The van der Waals surface area contributed by atoms with E-state index in [0.717, 1.165) is 5.52 Å². The third-order valence-electron chi connectivity index (χ3n) is 6.73. The molecule has 10 nitrogen and oxygen atoms in total. The highest BCUT2D eigenvalue weighted by Gasteiger charge is 2.35. The minimum Gasteiger partial charge on any atom is -0.388 e. The molecule has 0 saturated carbocycles. The zero-order valence-corrected chi connectivity index (χ0v) is 19.2. The third-order valence-corrected chi connectivity index (χ3v) is 6.73. The van der Waals surface area contributed by atoms with Gasteiger partial charge in [0.15, 0.2) is 5.65 Å². The van der Waals surface area contributed by atoms with Crippen molar-refractivity contribution in [3.05, 3.63) is 89.1 Å². The van der Waals surface area contributed by atoms with Gasteiger partial charge in [-0.3, -0.25) is 14.2 Å². The number of benzene rings is 1. The molecule has 0 spiro atoms. The van der Waals surface area contributed by atoms with E-state index in [1.807, 2.05) is 18.2 Å². The molecule has 0 atom stereocenters. The fourth-order valence-electron chi connectivity index (χ4n) is 4.70. The fraction of sp³-hybridized carbons (Fsp3) is 0.240. The van der Waals surface area contributed by atoms with E-state index in [9.17, 15) is 19.1 Å². The van der Waals surface area contributed by atoms with Crippen molar-refractivity contribution in [2.45, 2.75) is 25.0 Å². The summed E-state index contributed by atoms with van der Waals surface area (Å²) >= 11 is 0. The van der Waals surface area contributed by atoms with Crippen LogP contribution in [0.5, 0.6) is 0 Å². The van der Waals surface area contributed by atoms with Gasteiger partial charge in [0.05, 0.1) is 41.3 Å². The highest BCUT2D eigenvalue weighted by molar-refractivity contribution is 6.00. The third kappa shape index (κ3) is 3.73. The molecule has 4 aromatic heterocycles. The quantitative estimate of drug-likeness (QED) is 0.415. The van der Waals surface area contributed by atoms with E-state index in [0.29, 0.717) is 48.2 Å². The maximum atomic E-state index is 13.3. The number of aliphatic hydroxyl groups is 1. The van der Waals surface area contributed by atoms with Crippen LogP contribution < -0.4 is 5.56 Å². The van der Waals surface area contributed by atoms with Gasteiger partial charge in [-0.25, -0.2) is 18.6 Å². The van der Waals surface area contributed by atoms with Crippen LogP contribution in [-0.2, 0) is 6.54 Å². The smallest absolute Gasteiger partial charge is 0.264 e. The lowest BCUT2D eigenvalue weighted by Gasteiger charge is -2.38. The maximum Gasteiger partial charge on any atom is 0.264 e. The van der Waals surface area contributed by atoms with Gasteiger partial charge < -0.3 is 10.0 Å². The van der Waals surface area contributed by atoms with E-state index < -0.39 is 5.60 Å². The van der Waals surface area contributed by atoms with E-state index >= 15 is 0 Å². The van der Waals surface area contributed by atoms with E-state index in [4.69, 9.17) is 0 Å². The summed E-state index contributed by atoms with van der Waals surface area (Å²) in [4.78, 5) is 32.3. The molecule has 1 fully saturated rings. The summed E-state index contributed by atoms with van der Waals surface area (Å²) in [5.74, 6) is -0.503. The van der Waals surface area contributed by atoms with Crippen LogP contribution >= 0.6 is 0 Å². The number of halogens is 1. The molecule has 1 aromatic carbocycles. The zero-order chi connectivity index (χ0) is 24.9. The minimum atomic E-state index is -1.16. The molecule has 1 saturated heterocycles. The molecule has 0 radical (unpaired) electrons. The standard InChI is InChI=1S/C25H22FN7O3/c26-17-4-6-18(7-5-17)33-22-20(14-29-33)24(35)31(16-27-22)15-25(36)8-11-30(12-9-25)23(34)19-13-28-32-10-2-1-3-21(19)32/h1-7,10,13-14,16,36H,8-9,11-12,15H2. The van der Waals surface area contributed by atoms with E-state index in [1.165, 1.54) is 33.9 Å². The normalized spacial score (nSPS) is 15.6. The molecular weight excluding hydrogens is 465 g/mol. The summed E-state index contributed by atoms with van der Waals surface area (Å²) in [6.07, 6.45) is 6.79. The molecule has 0 aliphatic carbocycles. The van der Waals surface area contributed by atoms with Crippen LogP contribution in [0.1, 0.15) is 23.2 Å². The summed E-state index contributed by atoms with van der Waals surface area (Å²) in [6.45, 7) is 0.758. The SMILES string of the molecule is O=C(c1cnn2ccccc12)N1CCC(O)(Cn2cnc3c(cnn3-c3ccc(F)cc3)c2=O)CC1. The summed E-state index contributed by atoms with van der Waals surface area (Å²) < 4.78 is 17.8. The van der Waals surface area contributed by atoms with Crippen molar-refractivity contribution in [3.8, 4) is 5.69 Å². The van der Waals surface area contributed by atoms with Crippen molar-refractivity contribution < 1.29 is 14.3 Å². The summed E-state index contributed by atoms with van der Waals surface area (Å²) in [5.41, 5.74) is 0.693. The van der Waals surface area contributed by atoms with E-state index in [1.54, 1.807) is 33.9 Å². The van der Waals surface area contributed by atoms with Crippen LogP contribution in [0.2, 0.25) is 0 Å². The Morgan fingerprint density at radius 1 is 1.06 bits per heavy atom. The van der Waals surface area contributed by atoms with Gasteiger partial charge in [0.2, 0.25) is 0 Å². The number of carbonyl (C=O) groups excluding carboxylic acids is 1. The first-order chi connectivity index (χ1) is 17.4. The first kappa shape index (κ1) is 22.1. The van der Waals surface area contributed by atoms with Crippen LogP contribution in [-0.4, -0.2) is 63.5 Å². The Balaban J connectivity index is 1.19. The van der Waals surface area contributed by atoms with Gasteiger partial charge in [-0.05, 0) is 49.2 Å². The number of hydrogen-bond donors (Lipinski definition) is 1. The Hall–Kier alpha value is -4.38.